The Bertz CT molecular complexity index is 781. The zero-order valence-electron chi connectivity index (χ0n) is 16.5. The summed E-state index contributed by atoms with van der Waals surface area (Å²) in [7, 11) is -3.49. The molecule has 7 nitrogen and oxygen atoms in total. The van der Waals surface area contributed by atoms with Crippen LogP contribution in [0.1, 0.15) is 19.8 Å². The summed E-state index contributed by atoms with van der Waals surface area (Å²) in [4.78, 5) is 17.0. The third-order valence-electron chi connectivity index (χ3n) is 5.32. The molecule has 0 spiro atoms. The molecule has 1 aromatic carbocycles. The highest BCUT2D eigenvalue weighted by molar-refractivity contribution is 7.89. The van der Waals surface area contributed by atoms with Gasteiger partial charge in [0.05, 0.1) is 4.90 Å². The normalized spacial score (nSPS) is 20.1. The fourth-order valence-corrected chi connectivity index (χ4v) is 5.20. The highest BCUT2D eigenvalue weighted by Gasteiger charge is 2.31. The lowest BCUT2D eigenvalue weighted by Crippen LogP contribution is -2.55. The zero-order chi connectivity index (χ0) is 20.1. The Balaban J connectivity index is 1.46. The number of piperazine rings is 1. The standard InChI is InChI=1S/C20H30N4O3S/c1-17(2)16-22-10-8-18(9-11-22)21-20(25)23-12-14-24(15-13-23)28(26,27)19-6-4-3-5-7-19/h3-7,18H,1,8-16H2,2H3,(H,21,25). The van der Waals surface area contributed by atoms with Crippen molar-refractivity contribution < 1.29 is 13.2 Å². The van der Waals surface area contributed by atoms with E-state index in [2.05, 4.69) is 16.8 Å². The van der Waals surface area contributed by atoms with Crippen LogP contribution in [-0.2, 0) is 10.0 Å². The van der Waals surface area contributed by atoms with Gasteiger partial charge in [0.1, 0.15) is 0 Å². The molecule has 2 amide bonds. The Labute approximate surface area is 168 Å². The Morgan fingerprint density at radius 2 is 1.68 bits per heavy atom. The molecule has 0 aliphatic carbocycles. The van der Waals surface area contributed by atoms with Gasteiger partial charge in [0.25, 0.3) is 0 Å². The van der Waals surface area contributed by atoms with Crippen molar-refractivity contribution in [3.8, 4) is 0 Å². The summed E-state index contributed by atoms with van der Waals surface area (Å²) < 4.78 is 26.8. The van der Waals surface area contributed by atoms with Crippen LogP contribution < -0.4 is 5.32 Å². The summed E-state index contributed by atoms with van der Waals surface area (Å²) in [6, 6.07) is 8.54. The second-order valence-corrected chi connectivity index (χ2v) is 9.60. The van der Waals surface area contributed by atoms with E-state index in [0.29, 0.717) is 31.1 Å². The summed E-state index contributed by atoms with van der Waals surface area (Å²) in [6.07, 6.45) is 1.86. The van der Waals surface area contributed by atoms with Crippen molar-refractivity contribution in [2.75, 3.05) is 45.8 Å². The minimum atomic E-state index is -3.49. The van der Waals surface area contributed by atoms with Crippen LogP contribution in [0.2, 0.25) is 0 Å². The molecule has 0 saturated carbocycles. The summed E-state index contributed by atoms with van der Waals surface area (Å²) in [5.74, 6) is 0. The van der Waals surface area contributed by atoms with Crippen LogP contribution in [0.25, 0.3) is 0 Å². The minimum Gasteiger partial charge on any atom is -0.335 e. The fourth-order valence-electron chi connectivity index (χ4n) is 3.76. The third kappa shape index (κ3) is 5.12. The number of benzene rings is 1. The quantitative estimate of drug-likeness (QED) is 0.756. The summed E-state index contributed by atoms with van der Waals surface area (Å²) in [5, 5.41) is 3.12. The number of hydrogen-bond donors (Lipinski definition) is 1. The van der Waals surface area contributed by atoms with Crippen molar-refractivity contribution in [1.82, 2.24) is 19.4 Å². The predicted octanol–water partition coefficient (Wildman–Crippen LogP) is 1.74. The Kier molecular flexibility index (Phi) is 6.74. The molecule has 0 aromatic heterocycles. The van der Waals surface area contributed by atoms with E-state index in [1.54, 1.807) is 35.2 Å². The number of sulfonamides is 1. The molecule has 0 bridgehead atoms. The van der Waals surface area contributed by atoms with Crippen molar-refractivity contribution in [3.05, 3.63) is 42.5 Å². The van der Waals surface area contributed by atoms with Gasteiger partial charge in [-0.3, -0.25) is 4.90 Å². The van der Waals surface area contributed by atoms with E-state index in [4.69, 9.17) is 0 Å². The lowest BCUT2D eigenvalue weighted by Gasteiger charge is -2.36. The largest absolute Gasteiger partial charge is 0.335 e. The smallest absolute Gasteiger partial charge is 0.317 e. The number of nitrogens with one attached hydrogen (secondary N) is 1. The second-order valence-electron chi connectivity index (χ2n) is 7.66. The number of nitrogens with zero attached hydrogens (tertiary/aromatic N) is 3. The number of hydrogen-bond acceptors (Lipinski definition) is 4. The SMILES string of the molecule is C=C(C)CN1CCC(NC(=O)N2CCN(S(=O)(=O)c3ccccc3)CC2)CC1. The average Bonchev–Trinajstić information content (AvgIpc) is 2.70. The molecule has 2 aliphatic heterocycles. The molecule has 8 heteroatoms. The van der Waals surface area contributed by atoms with E-state index < -0.39 is 10.0 Å². The first-order chi connectivity index (χ1) is 13.4. The third-order valence-corrected chi connectivity index (χ3v) is 7.23. The van der Waals surface area contributed by atoms with Crippen molar-refractivity contribution in [3.63, 3.8) is 0 Å². The summed E-state index contributed by atoms with van der Waals surface area (Å²) in [6.45, 7) is 10.3. The Hall–Kier alpha value is -1.90. The summed E-state index contributed by atoms with van der Waals surface area (Å²) >= 11 is 0. The number of carbonyl (C=O) groups is 1. The number of piperidine rings is 1. The van der Waals surface area contributed by atoms with Gasteiger partial charge in [0.15, 0.2) is 0 Å². The van der Waals surface area contributed by atoms with Gasteiger partial charge in [-0.2, -0.15) is 4.31 Å². The first-order valence-corrected chi connectivity index (χ1v) is 11.3. The molecule has 154 valence electrons. The van der Waals surface area contributed by atoms with Gasteiger partial charge in [-0.05, 0) is 31.9 Å². The maximum atomic E-state index is 12.7. The first-order valence-electron chi connectivity index (χ1n) is 9.83. The molecule has 1 aromatic rings. The lowest BCUT2D eigenvalue weighted by atomic mass is 10.0. The Morgan fingerprint density at radius 1 is 1.07 bits per heavy atom. The van der Waals surface area contributed by atoms with E-state index in [1.165, 1.54) is 4.31 Å². The molecular formula is C20H30N4O3S. The maximum absolute atomic E-state index is 12.7. The van der Waals surface area contributed by atoms with Crippen LogP contribution in [0.4, 0.5) is 4.79 Å². The van der Waals surface area contributed by atoms with E-state index in [1.807, 2.05) is 6.92 Å². The van der Waals surface area contributed by atoms with Crippen molar-refractivity contribution >= 4 is 16.1 Å². The number of rotatable bonds is 5. The fraction of sp³-hybridized carbons (Fsp3) is 0.550. The van der Waals surface area contributed by atoms with Gasteiger partial charge in [-0.15, -0.1) is 0 Å². The zero-order valence-corrected chi connectivity index (χ0v) is 17.3. The second kappa shape index (κ2) is 9.07. The van der Waals surface area contributed by atoms with Crippen LogP contribution in [-0.4, -0.2) is 80.4 Å². The molecule has 2 fully saturated rings. The number of carbonyl (C=O) groups excluding carboxylic acids is 1. The van der Waals surface area contributed by atoms with Crippen molar-refractivity contribution in [1.29, 1.82) is 0 Å². The van der Waals surface area contributed by atoms with Crippen LogP contribution in [0.5, 0.6) is 0 Å². The molecule has 3 rings (SSSR count). The number of amides is 2. The molecule has 2 aliphatic rings. The molecular weight excluding hydrogens is 376 g/mol. The van der Waals surface area contributed by atoms with Gasteiger partial charge in [-0.25, -0.2) is 13.2 Å². The highest BCUT2D eigenvalue weighted by Crippen LogP contribution is 2.18. The van der Waals surface area contributed by atoms with Crippen molar-refractivity contribution in [2.24, 2.45) is 0 Å². The van der Waals surface area contributed by atoms with E-state index in [-0.39, 0.29) is 12.1 Å². The maximum Gasteiger partial charge on any atom is 0.317 e. The molecule has 28 heavy (non-hydrogen) atoms. The molecule has 0 atom stereocenters. The van der Waals surface area contributed by atoms with E-state index in [9.17, 15) is 13.2 Å². The minimum absolute atomic E-state index is 0.0879. The monoisotopic (exact) mass is 406 g/mol. The van der Waals surface area contributed by atoms with Gasteiger partial charge in [0, 0.05) is 51.9 Å². The number of likely N-dealkylation sites (tertiary alicyclic amines) is 1. The average molecular weight is 407 g/mol. The van der Waals surface area contributed by atoms with Crippen LogP contribution >= 0.6 is 0 Å². The lowest BCUT2D eigenvalue weighted by molar-refractivity contribution is 0.158. The van der Waals surface area contributed by atoms with Crippen LogP contribution in [0.15, 0.2) is 47.4 Å². The van der Waals surface area contributed by atoms with Gasteiger partial charge < -0.3 is 10.2 Å². The van der Waals surface area contributed by atoms with E-state index >= 15 is 0 Å². The molecule has 1 N–H and O–H groups in total. The molecule has 2 heterocycles. The summed E-state index contributed by atoms with van der Waals surface area (Å²) in [5.41, 5.74) is 1.16. The van der Waals surface area contributed by atoms with Crippen LogP contribution in [0.3, 0.4) is 0 Å². The van der Waals surface area contributed by atoms with E-state index in [0.717, 1.165) is 38.0 Å². The van der Waals surface area contributed by atoms with Gasteiger partial charge in [0.2, 0.25) is 10.0 Å². The first kappa shape index (κ1) is 20.8. The molecule has 2 saturated heterocycles. The van der Waals surface area contributed by atoms with Crippen molar-refractivity contribution in [2.45, 2.75) is 30.7 Å². The molecule has 0 radical (unpaired) electrons. The topological polar surface area (TPSA) is 73.0 Å². The number of urea groups is 1. The predicted molar refractivity (Wildman–Crippen MR) is 110 cm³/mol. The van der Waals surface area contributed by atoms with Gasteiger partial charge >= 0.3 is 6.03 Å². The highest BCUT2D eigenvalue weighted by atomic mass is 32.2. The Morgan fingerprint density at radius 3 is 2.25 bits per heavy atom. The van der Waals surface area contributed by atoms with Crippen LogP contribution in [0, 0.1) is 0 Å². The molecule has 0 unspecified atom stereocenters. The van der Waals surface area contributed by atoms with Gasteiger partial charge in [-0.1, -0.05) is 30.4 Å².